The molecule has 0 fully saturated rings. The van der Waals surface area contributed by atoms with Crippen molar-refractivity contribution < 1.29 is 0 Å². The minimum absolute atomic E-state index is 0.317. The second-order valence-electron chi connectivity index (χ2n) is 17.6. The van der Waals surface area contributed by atoms with Gasteiger partial charge in [0.1, 0.15) is 22.6 Å². The first-order chi connectivity index (χ1) is 25.0. The number of hydrogen-bond acceptors (Lipinski definition) is 0. The Morgan fingerprint density at radius 1 is 0.283 bits per heavy atom. The average molecular weight is 716 g/mol. The number of benzene rings is 4. The highest BCUT2D eigenvalue weighted by Crippen LogP contribution is 2.99. The van der Waals surface area contributed by atoms with E-state index in [4.69, 9.17) is 0 Å². The van der Waals surface area contributed by atoms with Gasteiger partial charge in [0, 0.05) is 22.3 Å². The van der Waals surface area contributed by atoms with E-state index in [9.17, 15) is 0 Å². The van der Waals surface area contributed by atoms with Crippen LogP contribution < -0.4 is 0 Å². The van der Waals surface area contributed by atoms with Gasteiger partial charge in [-0.15, -0.1) is 0 Å². The van der Waals surface area contributed by atoms with Crippen molar-refractivity contribution in [1.29, 1.82) is 0 Å². The Balaban J connectivity index is 1.64. The molecule has 272 valence electrons. The van der Waals surface area contributed by atoms with E-state index in [1.807, 2.05) is 0 Å². The molecule has 0 aliphatic heterocycles. The molecule has 0 radical (unpaired) electrons. The summed E-state index contributed by atoms with van der Waals surface area (Å²) in [5.41, 5.74) is 37.7. The van der Waals surface area contributed by atoms with Crippen LogP contribution in [0.2, 0.25) is 0 Å². The normalized spacial score (nSPS) is 22.9. The quantitative estimate of drug-likeness (QED) is 0.185. The first-order valence-corrected chi connectivity index (χ1v) is 22.1. The summed E-state index contributed by atoms with van der Waals surface area (Å²) in [6, 6.07) is 20.1. The fourth-order valence-electron chi connectivity index (χ4n) is 12.0. The molecule has 0 amide bonds. The van der Waals surface area contributed by atoms with Crippen molar-refractivity contribution in [2.24, 2.45) is 0 Å². The third-order valence-electron chi connectivity index (χ3n) is 15.5. The maximum absolute atomic E-state index is 2.57. The summed E-state index contributed by atoms with van der Waals surface area (Å²) >= 11 is 0. The topological polar surface area (TPSA) is 0 Å². The molecule has 0 bridgehead atoms. The van der Waals surface area contributed by atoms with Gasteiger partial charge in [-0.05, 0) is 222 Å². The molecule has 0 aromatic heterocycles. The van der Waals surface area contributed by atoms with Gasteiger partial charge in [-0.2, -0.15) is 0 Å². The van der Waals surface area contributed by atoms with Crippen molar-refractivity contribution in [3.63, 3.8) is 0 Å². The lowest BCUT2D eigenvalue weighted by Crippen LogP contribution is -2.26. The molecule has 4 atom stereocenters. The molecule has 4 aliphatic carbocycles. The van der Waals surface area contributed by atoms with Crippen LogP contribution in [0.1, 0.15) is 167 Å². The number of allylic oxidation sites excluding steroid dienone is 8. The van der Waals surface area contributed by atoms with Crippen LogP contribution in [0, 0.1) is 55.4 Å². The minimum atomic E-state index is -2.36. The molecular weight excluding hydrogens is 656 g/mol. The van der Waals surface area contributed by atoms with Crippen molar-refractivity contribution in [2.75, 3.05) is 0 Å². The number of rotatable bonds is 4. The Bertz CT molecular complexity index is 2120. The molecule has 0 saturated heterocycles. The van der Waals surface area contributed by atoms with Crippen molar-refractivity contribution >= 4 is 29.6 Å². The van der Waals surface area contributed by atoms with Gasteiger partial charge < -0.3 is 0 Å². The van der Waals surface area contributed by atoms with E-state index in [-0.39, 0.29) is 0 Å². The van der Waals surface area contributed by atoms with Crippen molar-refractivity contribution in [3.8, 4) is 0 Å². The molecule has 8 rings (SSSR count). The van der Waals surface area contributed by atoms with Crippen LogP contribution in [0.5, 0.6) is 0 Å². The molecular formula is C52H60P+. The fraction of sp³-hybridized carbons (Fsp3) is 0.385. The van der Waals surface area contributed by atoms with Crippen LogP contribution in [0.15, 0.2) is 70.8 Å². The predicted octanol–water partition coefficient (Wildman–Crippen LogP) is 15.7. The van der Waals surface area contributed by atoms with E-state index < -0.39 is 7.26 Å². The van der Waals surface area contributed by atoms with Gasteiger partial charge in [0.05, 0.1) is 7.26 Å². The molecule has 4 aliphatic rings. The summed E-state index contributed by atoms with van der Waals surface area (Å²) in [6.45, 7) is 38.8. The van der Waals surface area contributed by atoms with E-state index in [0.29, 0.717) is 22.6 Å². The standard InChI is InChI=1S/C52H60P/c1-25-17-21-41-45(29(25)5)33(9)37(13)49(41)53(50-38(14)34(10)46-30(6)26(2)18-22-42(46)50,51-39(15)35(11)47-31(7)27(3)19-23-43(47)51)52-40(16)36(12)48-32(8)28(4)20-24-44(48)52/h17-24,49-52H,1-16H3/q+1. The lowest BCUT2D eigenvalue weighted by atomic mass is 9.96. The molecule has 0 spiro atoms. The summed E-state index contributed by atoms with van der Waals surface area (Å²) in [5, 5.41) is 0. The predicted molar refractivity (Wildman–Crippen MR) is 235 cm³/mol. The van der Waals surface area contributed by atoms with E-state index in [1.54, 1.807) is 44.5 Å². The molecule has 0 heterocycles. The molecule has 0 nitrogen and oxygen atoms in total. The minimum Gasteiger partial charge on any atom is -0.0586 e. The second kappa shape index (κ2) is 12.1. The smallest absolute Gasteiger partial charge is 0.0586 e. The fourth-order valence-corrected chi connectivity index (χ4v) is 20.0. The third-order valence-corrected chi connectivity index (χ3v) is 21.8. The number of aryl methyl sites for hydroxylation is 4. The molecule has 4 aromatic rings. The molecule has 0 saturated carbocycles. The average Bonchev–Trinajstić information content (AvgIpc) is 3.74. The van der Waals surface area contributed by atoms with Gasteiger partial charge in [0.25, 0.3) is 0 Å². The van der Waals surface area contributed by atoms with Crippen LogP contribution in [0.25, 0.3) is 22.3 Å². The van der Waals surface area contributed by atoms with Crippen molar-refractivity contribution in [1.82, 2.24) is 0 Å². The molecule has 53 heavy (non-hydrogen) atoms. The van der Waals surface area contributed by atoms with Crippen LogP contribution in [0.3, 0.4) is 0 Å². The van der Waals surface area contributed by atoms with Crippen LogP contribution in [-0.2, 0) is 0 Å². The zero-order chi connectivity index (χ0) is 38.3. The Morgan fingerprint density at radius 3 is 0.660 bits per heavy atom. The second-order valence-corrected chi connectivity index (χ2v) is 21.5. The maximum Gasteiger partial charge on any atom is 0.119 e. The Morgan fingerprint density at radius 2 is 0.472 bits per heavy atom. The lowest BCUT2D eigenvalue weighted by molar-refractivity contribution is 0.899. The highest BCUT2D eigenvalue weighted by molar-refractivity contribution is 7.78. The largest absolute Gasteiger partial charge is 0.119 e. The van der Waals surface area contributed by atoms with E-state index in [2.05, 4.69) is 159 Å². The zero-order valence-corrected chi connectivity index (χ0v) is 36.3. The monoisotopic (exact) mass is 715 g/mol. The van der Waals surface area contributed by atoms with Gasteiger partial charge in [-0.3, -0.25) is 0 Å². The molecule has 0 N–H and O–H groups in total. The van der Waals surface area contributed by atoms with Crippen LogP contribution >= 0.6 is 7.26 Å². The van der Waals surface area contributed by atoms with E-state index in [0.717, 1.165) is 0 Å². The van der Waals surface area contributed by atoms with Crippen LogP contribution in [-0.4, -0.2) is 0 Å². The SMILES string of the molecule is CC1=C(C)C([P+](C2C(C)=C(C)c3c2ccc(C)c3C)(C2C(C)=C(C)c3c2ccc(C)c3C)C2C(C)=C(C)c3c2ccc(C)c3C)c2ccc(C)c(C)c21. The molecule has 4 unspecified atom stereocenters. The summed E-state index contributed by atoms with van der Waals surface area (Å²) in [4.78, 5) is 0. The number of fused-ring (bicyclic) bond motifs is 4. The lowest BCUT2D eigenvalue weighted by Gasteiger charge is -2.49. The molecule has 4 aromatic carbocycles. The Labute approximate surface area is 321 Å². The van der Waals surface area contributed by atoms with Crippen molar-refractivity contribution in [2.45, 2.75) is 133 Å². The first-order valence-electron chi connectivity index (χ1n) is 20.0. The Kier molecular flexibility index (Phi) is 8.30. The van der Waals surface area contributed by atoms with Crippen LogP contribution in [0.4, 0.5) is 0 Å². The summed E-state index contributed by atoms with van der Waals surface area (Å²) in [5.74, 6) is 0. The zero-order valence-electron chi connectivity index (χ0n) is 35.4. The Hall–Kier alpha value is -3.73. The highest BCUT2D eigenvalue weighted by Gasteiger charge is 2.70. The third kappa shape index (κ3) is 4.46. The van der Waals surface area contributed by atoms with Gasteiger partial charge >= 0.3 is 0 Å². The van der Waals surface area contributed by atoms with E-state index in [1.165, 1.54) is 89.1 Å². The van der Waals surface area contributed by atoms with Gasteiger partial charge in [0.15, 0.2) is 0 Å². The van der Waals surface area contributed by atoms with Crippen molar-refractivity contribution in [3.05, 3.63) is 160 Å². The summed E-state index contributed by atoms with van der Waals surface area (Å²) < 4.78 is 0. The van der Waals surface area contributed by atoms with Gasteiger partial charge in [0.2, 0.25) is 0 Å². The summed E-state index contributed by atoms with van der Waals surface area (Å²) in [6.07, 6.45) is 0. The van der Waals surface area contributed by atoms with Gasteiger partial charge in [-0.25, -0.2) is 0 Å². The molecule has 1 heteroatoms. The maximum atomic E-state index is 2.57. The summed E-state index contributed by atoms with van der Waals surface area (Å²) in [7, 11) is -2.36. The number of hydrogen-bond donors (Lipinski definition) is 0. The first kappa shape index (κ1) is 36.3. The van der Waals surface area contributed by atoms with Gasteiger partial charge in [-0.1, -0.05) is 48.5 Å². The highest BCUT2D eigenvalue weighted by atomic mass is 31.2. The van der Waals surface area contributed by atoms with E-state index >= 15 is 0 Å².